The minimum atomic E-state index is 0.557. The van der Waals surface area contributed by atoms with Gasteiger partial charge in [0.25, 0.3) is 0 Å². The van der Waals surface area contributed by atoms with Crippen LogP contribution in [0.1, 0.15) is 44.5 Å². The van der Waals surface area contributed by atoms with Crippen molar-refractivity contribution in [2.45, 2.75) is 52.0 Å². The molecule has 102 valence electrons. The first kappa shape index (κ1) is 13.9. The van der Waals surface area contributed by atoms with Gasteiger partial charge in [0.05, 0.1) is 16.4 Å². The van der Waals surface area contributed by atoms with E-state index in [4.69, 9.17) is 11.6 Å². The first-order valence-electron chi connectivity index (χ1n) is 7.09. The van der Waals surface area contributed by atoms with E-state index in [-0.39, 0.29) is 0 Å². The highest BCUT2D eigenvalue weighted by Gasteiger charge is 2.23. The molecule has 0 radical (unpaired) electrons. The number of nitrogens with zero attached hydrogens (tertiary/aromatic N) is 2. The summed E-state index contributed by atoms with van der Waals surface area (Å²) in [5, 5.41) is 8.98. The molecule has 0 saturated carbocycles. The van der Waals surface area contributed by atoms with Gasteiger partial charge in [-0.25, -0.2) is 0 Å². The van der Waals surface area contributed by atoms with Crippen molar-refractivity contribution in [1.82, 2.24) is 15.1 Å². The molecule has 0 amide bonds. The van der Waals surface area contributed by atoms with Crippen molar-refractivity contribution in [3.05, 3.63) is 16.4 Å². The normalized spacial score (nSPS) is 24.4. The van der Waals surface area contributed by atoms with Crippen LogP contribution in [0.2, 0.25) is 5.02 Å². The smallest absolute Gasteiger partial charge is 0.0850 e. The van der Waals surface area contributed by atoms with Gasteiger partial charge in [-0.15, -0.1) is 0 Å². The van der Waals surface area contributed by atoms with Gasteiger partial charge in [0.1, 0.15) is 0 Å². The van der Waals surface area contributed by atoms with Crippen LogP contribution in [-0.2, 0) is 19.9 Å². The average molecular weight is 270 g/mol. The van der Waals surface area contributed by atoms with Crippen LogP contribution in [0.3, 0.4) is 0 Å². The van der Waals surface area contributed by atoms with Crippen molar-refractivity contribution in [3.8, 4) is 0 Å². The number of aryl methyl sites for hydroxylation is 2. The lowest BCUT2D eigenvalue weighted by Crippen LogP contribution is -2.39. The van der Waals surface area contributed by atoms with Gasteiger partial charge in [0, 0.05) is 19.5 Å². The van der Waals surface area contributed by atoms with Gasteiger partial charge in [-0.05, 0) is 31.7 Å². The molecule has 1 N–H and O–H groups in total. The summed E-state index contributed by atoms with van der Waals surface area (Å²) in [6.07, 6.45) is 5.77. The van der Waals surface area contributed by atoms with E-state index in [9.17, 15) is 0 Å². The maximum atomic E-state index is 6.41. The van der Waals surface area contributed by atoms with Crippen LogP contribution >= 0.6 is 11.6 Å². The Kier molecular flexibility index (Phi) is 4.68. The molecule has 1 aliphatic rings. The summed E-state index contributed by atoms with van der Waals surface area (Å²) >= 11 is 6.41. The third-order valence-corrected chi connectivity index (χ3v) is 4.56. The number of hydrogen-bond acceptors (Lipinski definition) is 2. The van der Waals surface area contributed by atoms with Crippen LogP contribution in [0.5, 0.6) is 0 Å². The van der Waals surface area contributed by atoms with Crippen molar-refractivity contribution >= 4 is 11.6 Å². The fourth-order valence-electron chi connectivity index (χ4n) is 2.90. The van der Waals surface area contributed by atoms with E-state index in [0.717, 1.165) is 36.0 Å². The van der Waals surface area contributed by atoms with Crippen LogP contribution in [0.25, 0.3) is 0 Å². The largest absolute Gasteiger partial charge is 0.314 e. The van der Waals surface area contributed by atoms with Crippen molar-refractivity contribution < 1.29 is 0 Å². The standard InChI is InChI=1S/C14H24ClN3/c1-4-10-6-7-16-11(8-10)9-13-14(15)12(5-2)17-18(13)3/h10-11,16H,4-9H2,1-3H3. The Balaban J connectivity index is 2.07. The molecule has 1 aromatic heterocycles. The number of hydrogen-bond donors (Lipinski definition) is 1. The van der Waals surface area contributed by atoms with E-state index in [2.05, 4.69) is 24.3 Å². The van der Waals surface area contributed by atoms with Gasteiger partial charge in [-0.1, -0.05) is 31.9 Å². The molecule has 1 saturated heterocycles. The van der Waals surface area contributed by atoms with Gasteiger partial charge in [-0.2, -0.15) is 5.10 Å². The minimum absolute atomic E-state index is 0.557. The minimum Gasteiger partial charge on any atom is -0.314 e. The van der Waals surface area contributed by atoms with Crippen LogP contribution in [0.15, 0.2) is 0 Å². The predicted octanol–water partition coefficient (Wildman–Crippen LogP) is 2.96. The second-order valence-electron chi connectivity index (χ2n) is 5.34. The Morgan fingerprint density at radius 3 is 2.83 bits per heavy atom. The van der Waals surface area contributed by atoms with E-state index in [0.29, 0.717) is 6.04 Å². The fraction of sp³-hybridized carbons (Fsp3) is 0.786. The van der Waals surface area contributed by atoms with E-state index >= 15 is 0 Å². The summed E-state index contributed by atoms with van der Waals surface area (Å²) in [6.45, 7) is 5.53. The van der Waals surface area contributed by atoms with Crippen molar-refractivity contribution in [2.75, 3.05) is 6.54 Å². The second-order valence-corrected chi connectivity index (χ2v) is 5.72. The molecular formula is C14H24ClN3. The van der Waals surface area contributed by atoms with E-state index in [1.807, 2.05) is 11.7 Å². The number of rotatable bonds is 4. The topological polar surface area (TPSA) is 29.9 Å². The highest BCUT2D eigenvalue weighted by molar-refractivity contribution is 6.31. The summed E-state index contributed by atoms with van der Waals surface area (Å²) in [7, 11) is 2.00. The second kappa shape index (κ2) is 6.07. The molecule has 2 atom stereocenters. The zero-order valence-corrected chi connectivity index (χ0v) is 12.4. The summed E-state index contributed by atoms with van der Waals surface area (Å²) < 4.78 is 1.96. The predicted molar refractivity (Wildman–Crippen MR) is 76.1 cm³/mol. The third kappa shape index (κ3) is 2.89. The molecule has 2 unspecified atom stereocenters. The monoisotopic (exact) mass is 269 g/mol. The Labute approximate surface area is 115 Å². The van der Waals surface area contributed by atoms with Crippen LogP contribution in [0.4, 0.5) is 0 Å². The molecule has 0 spiro atoms. The van der Waals surface area contributed by atoms with E-state index < -0.39 is 0 Å². The fourth-order valence-corrected chi connectivity index (χ4v) is 3.27. The van der Waals surface area contributed by atoms with Crippen molar-refractivity contribution in [2.24, 2.45) is 13.0 Å². The molecule has 2 rings (SSSR count). The Hall–Kier alpha value is -0.540. The molecule has 0 aromatic carbocycles. The number of piperidine rings is 1. The maximum Gasteiger partial charge on any atom is 0.0850 e. The summed E-state index contributed by atoms with van der Waals surface area (Å²) in [6, 6.07) is 0.557. The molecule has 4 heteroatoms. The molecule has 0 aliphatic carbocycles. The van der Waals surface area contributed by atoms with Gasteiger partial charge in [0.15, 0.2) is 0 Å². The summed E-state index contributed by atoms with van der Waals surface area (Å²) in [4.78, 5) is 0. The van der Waals surface area contributed by atoms with Crippen LogP contribution in [0, 0.1) is 5.92 Å². The molecule has 2 heterocycles. The average Bonchev–Trinajstić information content (AvgIpc) is 2.66. The Morgan fingerprint density at radius 1 is 1.44 bits per heavy atom. The number of nitrogens with one attached hydrogen (secondary N) is 1. The van der Waals surface area contributed by atoms with E-state index in [1.54, 1.807) is 0 Å². The van der Waals surface area contributed by atoms with Gasteiger partial charge in [0.2, 0.25) is 0 Å². The maximum absolute atomic E-state index is 6.41. The Bertz CT molecular complexity index is 400. The zero-order chi connectivity index (χ0) is 13.1. The number of halogens is 1. The van der Waals surface area contributed by atoms with Crippen LogP contribution < -0.4 is 5.32 Å². The highest BCUT2D eigenvalue weighted by atomic mass is 35.5. The summed E-state index contributed by atoms with van der Waals surface area (Å²) in [5.74, 6) is 0.869. The van der Waals surface area contributed by atoms with Crippen molar-refractivity contribution in [1.29, 1.82) is 0 Å². The lowest BCUT2D eigenvalue weighted by atomic mass is 9.88. The first-order valence-corrected chi connectivity index (χ1v) is 7.47. The number of aromatic nitrogens is 2. The third-order valence-electron chi connectivity index (χ3n) is 4.12. The SMILES string of the molecule is CCc1nn(C)c(CC2CC(CC)CCN2)c1Cl. The molecule has 1 aromatic rings. The van der Waals surface area contributed by atoms with Gasteiger partial charge >= 0.3 is 0 Å². The molecule has 18 heavy (non-hydrogen) atoms. The molecular weight excluding hydrogens is 246 g/mol. The van der Waals surface area contributed by atoms with E-state index in [1.165, 1.54) is 25.0 Å². The lowest BCUT2D eigenvalue weighted by Gasteiger charge is -2.29. The van der Waals surface area contributed by atoms with Crippen molar-refractivity contribution in [3.63, 3.8) is 0 Å². The zero-order valence-electron chi connectivity index (χ0n) is 11.7. The van der Waals surface area contributed by atoms with Crippen LogP contribution in [-0.4, -0.2) is 22.4 Å². The lowest BCUT2D eigenvalue weighted by molar-refractivity contribution is 0.291. The highest BCUT2D eigenvalue weighted by Crippen LogP contribution is 2.26. The molecule has 3 nitrogen and oxygen atoms in total. The first-order chi connectivity index (χ1) is 8.65. The van der Waals surface area contributed by atoms with Gasteiger partial charge < -0.3 is 5.32 Å². The molecule has 1 aliphatic heterocycles. The Morgan fingerprint density at radius 2 is 2.22 bits per heavy atom. The van der Waals surface area contributed by atoms with Gasteiger partial charge in [-0.3, -0.25) is 4.68 Å². The molecule has 0 bridgehead atoms. The quantitative estimate of drug-likeness (QED) is 0.911. The molecule has 1 fully saturated rings. The summed E-state index contributed by atoms with van der Waals surface area (Å²) in [5.41, 5.74) is 2.21.